The van der Waals surface area contributed by atoms with Gasteiger partial charge in [0.2, 0.25) is 5.91 Å². The van der Waals surface area contributed by atoms with E-state index >= 15 is 0 Å². The number of unbranched alkanes of at least 4 members (excludes halogenated alkanes) is 6. The number of hydrogen-bond donors (Lipinski definition) is 0. The molecule has 0 aliphatic carbocycles. The van der Waals surface area contributed by atoms with E-state index in [1.165, 1.54) is 25.7 Å². The predicted molar refractivity (Wildman–Crippen MR) is 93.0 cm³/mol. The van der Waals surface area contributed by atoms with E-state index in [0.717, 1.165) is 25.7 Å². The lowest BCUT2D eigenvalue weighted by Crippen LogP contribution is -2.41. The van der Waals surface area contributed by atoms with Crippen LogP contribution in [0.15, 0.2) is 25.3 Å². The van der Waals surface area contributed by atoms with Crippen LogP contribution in [0.25, 0.3) is 0 Å². The fourth-order valence-electron chi connectivity index (χ4n) is 2.96. The van der Waals surface area contributed by atoms with Crippen molar-refractivity contribution < 1.29 is 14.3 Å². The van der Waals surface area contributed by atoms with Crippen molar-refractivity contribution in [3.05, 3.63) is 25.3 Å². The second kappa shape index (κ2) is 11.9. The van der Waals surface area contributed by atoms with E-state index in [1.807, 2.05) is 6.08 Å². The minimum absolute atomic E-state index is 0.0923. The number of esters is 1. The minimum Gasteiger partial charge on any atom is -0.460 e. The van der Waals surface area contributed by atoms with Gasteiger partial charge in [-0.3, -0.25) is 4.79 Å². The summed E-state index contributed by atoms with van der Waals surface area (Å²) in [7, 11) is 0. The number of carbonyl (C=O) groups is 2. The van der Waals surface area contributed by atoms with Gasteiger partial charge in [-0.1, -0.05) is 44.4 Å². The number of ether oxygens (including phenoxy) is 1. The molecule has 0 aromatic carbocycles. The highest BCUT2D eigenvalue weighted by atomic mass is 16.5. The molecule has 1 fully saturated rings. The van der Waals surface area contributed by atoms with Crippen LogP contribution in [0.2, 0.25) is 0 Å². The first-order valence-corrected chi connectivity index (χ1v) is 8.88. The molecule has 0 saturated carbocycles. The second-order valence-electron chi connectivity index (χ2n) is 6.11. The topological polar surface area (TPSA) is 46.6 Å². The largest absolute Gasteiger partial charge is 0.460 e. The summed E-state index contributed by atoms with van der Waals surface area (Å²) < 4.78 is 5.09. The van der Waals surface area contributed by atoms with Crippen LogP contribution in [0, 0.1) is 0 Å². The molecule has 4 heteroatoms. The van der Waals surface area contributed by atoms with E-state index in [4.69, 9.17) is 4.74 Å². The third-order valence-corrected chi connectivity index (χ3v) is 4.24. The third kappa shape index (κ3) is 7.49. The Kier molecular flexibility index (Phi) is 10.1. The summed E-state index contributed by atoms with van der Waals surface area (Å²) in [5.74, 6) is -0.201. The Bertz CT molecular complexity index is 392. The molecule has 0 radical (unpaired) electrons. The molecule has 1 heterocycles. The number of carbonyl (C=O) groups excluding carboxylic acids is 2. The molecular formula is C19H31NO3. The van der Waals surface area contributed by atoms with Gasteiger partial charge >= 0.3 is 5.97 Å². The van der Waals surface area contributed by atoms with Crippen LogP contribution in [0.5, 0.6) is 0 Å². The predicted octanol–water partition coefficient (Wildman–Crippen LogP) is 4.01. The monoisotopic (exact) mass is 321 g/mol. The average Bonchev–Trinajstić information content (AvgIpc) is 3.04. The first-order chi connectivity index (χ1) is 11.2. The molecule has 1 saturated heterocycles. The summed E-state index contributed by atoms with van der Waals surface area (Å²) in [6.45, 7) is 8.14. The molecule has 0 spiro atoms. The highest BCUT2D eigenvalue weighted by Gasteiger charge is 2.34. The molecule has 0 N–H and O–H groups in total. The number of rotatable bonds is 12. The van der Waals surface area contributed by atoms with Crippen molar-refractivity contribution in [3.8, 4) is 0 Å². The third-order valence-electron chi connectivity index (χ3n) is 4.24. The minimum atomic E-state index is -0.388. The van der Waals surface area contributed by atoms with Gasteiger partial charge in [0.25, 0.3) is 0 Å². The van der Waals surface area contributed by atoms with Gasteiger partial charge in [0, 0.05) is 13.0 Å². The SMILES string of the molecule is C=CCCCCCCCCC(=O)N1CCCC1C(=O)OCC=C. The molecule has 1 atom stereocenters. The van der Waals surface area contributed by atoms with Gasteiger partial charge in [-0.05, 0) is 32.1 Å². The van der Waals surface area contributed by atoms with Gasteiger partial charge < -0.3 is 9.64 Å². The van der Waals surface area contributed by atoms with E-state index in [1.54, 1.807) is 11.0 Å². The van der Waals surface area contributed by atoms with Crippen molar-refractivity contribution in [2.24, 2.45) is 0 Å². The van der Waals surface area contributed by atoms with Crippen LogP contribution in [0.1, 0.15) is 64.2 Å². The highest BCUT2D eigenvalue weighted by molar-refractivity contribution is 5.85. The molecule has 1 aliphatic rings. The Balaban J connectivity index is 2.19. The van der Waals surface area contributed by atoms with Crippen LogP contribution >= 0.6 is 0 Å². The Morgan fingerprint density at radius 1 is 1.04 bits per heavy atom. The molecule has 1 amide bonds. The van der Waals surface area contributed by atoms with E-state index in [2.05, 4.69) is 13.2 Å². The molecule has 1 unspecified atom stereocenters. The van der Waals surface area contributed by atoms with Gasteiger partial charge in [-0.25, -0.2) is 4.79 Å². The van der Waals surface area contributed by atoms with Gasteiger partial charge in [0.1, 0.15) is 12.6 Å². The van der Waals surface area contributed by atoms with Crippen molar-refractivity contribution in [1.82, 2.24) is 4.90 Å². The molecule has 0 aromatic heterocycles. The fourth-order valence-corrected chi connectivity index (χ4v) is 2.96. The van der Waals surface area contributed by atoms with Gasteiger partial charge in [0.15, 0.2) is 0 Å². The first kappa shape index (κ1) is 19.5. The molecule has 0 bridgehead atoms. The van der Waals surface area contributed by atoms with Gasteiger partial charge in [-0.2, -0.15) is 0 Å². The van der Waals surface area contributed by atoms with Crippen molar-refractivity contribution >= 4 is 11.9 Å². The molecule has 23 heavy (non-hydrogen) atoms. The maximum absolute atomic E-state index is 12.3. The summed E-state index contributed by atoms with van der Waals surface area (Å²) >= 11 is 0. The zero-order valence-corrected chi connectivity index (χ0v) is 14.3. The lowest BCUT2D eigenvalue weighted by molar-refractivity contribution is -0.152. The number of likely N-dealkylation sites (tertiary alicyclic amines) is 1. The van der Waals surface area contributed by atoms with Crippen molar-refractivity contribution in [3.63, 3.8) is 0 Å². The summed E-state index contributed by atoms with van der Waals surface area (Å²) in [4.78, 5) is 25.9. The fraction of sp³-hybridized carbons (Fsp3) is 0.684. The number of allylic oxidation sites excluding steroid dienone is 1. The van der Waals surface area contributed by atoms with E-state index in [-0.39, 0.29) is 24.5 Å². The van der Waals surface area contributed by atoms with Gasteiger partial charge in [0.05, 0.1) is 0 Å². The second-order valence-corrected chi connectivity index (χ2v) is 6.11. The lowest BCUT2D eigenvalue weighted by Gasteiger charge is -2.23. The lowest BCUT2D eigenvalue weighted by atomic mass is 10.1. The average molecular weight is 321 g/mol. The van der Waals surface area contributed by atoms with Crippen molar-refractivity contribution in [2.75, 3.05) is 13.2 Å². The summed E-state index contributed by atoms with van der Waals surface area (Å²) in [6, 6.07) is -0.388. The molecule has 4 nitrogen and oxygen atoms in total. The van der Waals surface area contributed by atoms with Gasteiger partial charge in [-0.15, -0.1) is 6.58 Å². The number of amides is 1. The van der Waals surface area contributed by atoms with Crippen molar-refractivity contribution in [2.45, 2.75) is 70.3 Å². The Morgan fingerprint density at radius 2 is 1.74 bits per heavy atom. The standard InChI is InChI=1S/C19H31NO3/c1-3-5-6-7-8-9-10-11-14-18(21)20-15-12-13-17(20)19(22)23-16-4-2/h3-4,17H,1-2,5-16H2. The molecule has 0 aromatic rings. The highest BCUT2D eigenvalue weighted by Crippen LogP contribution is 2.20. The number of hydrogen-bond acceptors (Lipinski definition) is 3. The van der Waals surface area contributed by atoms with Crippen LogP contribution < -0.4 is 0 Å². The zero-order valence-electron chi connectivity index (χ0n) is 14.3. The quantitative estimate of drug-likeness (QED) is 0.310. The van der Waals surface area contributed by atoms with E-state index < -0.39 is 0 Å². The smallest absolute Gasteiger partial charge is 0.329 e. The van der Waals surface area contributed by atoms with Crippen LogP contribution in [0.4, 0.5) is 0 Å². The molecule has 1 rings (SSSR count). The summed E-state index contributed by atoms with van der Waals surface area (Å²) in [5.41, 5.74) is 0. The maximum Gasteiger partial charge on any atom is 0.329 e. The first-order valence-electron chi connectivity index (χ1n) is 8.88. The summed E-state index contributed by atoms with van der Waals surface area (Å²) in [6.07, 6.45) is 13.6. The van der Waals surface area contributed by atoms with E-state index in [0.29, 0.717) is 19.4 Å². The Morgan fingerprint density at radius 3 is 2.43 bits per heavy atom. The normalized spacial score (nSPS) is 17.0. The van der Waals surface area contributed by atoms with E-state index in [9.17, 15) is 9.59 Å². The van der Waals surface area contributed by atoms with Crippen LogP contribution in [0.3, 0.4) is 0 Å². The zero-order chi connectivity index (χ0) is 16.9. The van der Waals surface area contributed by atoms with Crippen molar-refractivity contribution in [1.29, 1.82) is 0 Å². The molecular weight excluding hydrogens is 290 g/mol. The summed E-state index contributed by atoms with van der Waals surface area (Å²) in [5, 5.41) is 0. The maximum atomic E-state index is 12.3. The Labute approximate surface area is 140 Å². The molecule has 1 aliphatic heterocycles. The van der Waals surface area contributed by atoms with Crippen LogP contribution in [-0.2, 0) is 14.3 Å². The van der Waals surface area contributed by atoms with Crippen LogP contribution in [-0.4, -0.2) is 36.0 Å². The molecule has 130 valence electrons. The number of nitrogens with zero attached hydrogens (tertiary/aromatic N) is 1. The Hall–Kier alpha value is -1.58.